The molecule has 1 atom stereocenters. The zero-order valence-electron chi connectivity index (χ0n) is 13.9. The fraction of sp³-hybridized carbons (Fsp3) is 0.190. The van der Waals surface area contributed by atoms with Crippen molar-refractivity contribution < 1.29 is 4.79 Å². The molecule has 2 nitrogen and oxygen atoms in total. The Balaban J connectivity index is 0.000000924. The molecule has 3 rings (SSSR count). The van der Waals surface area contributed by atoms with Gasteiger partial charge in [0.2, 0.25) is 0 Å². The van der Waals surface area contributed by atoms with Crippen LogP contribution in [0.2, 0.25) is 0 Å². The van der Waals surface area contributed by atoms with Crippen molar-refractivity contribution in [2.24, 2.45) is 0 Å². The molecule has 2 heteroatoms. The van der Waals surface area contributed by atoms with Crippen LogP contribution in [0.1, 0.15) is 42.7 Å². The molecule has 0 fully saturated rings. The van der Waals surface area contributed by atoms with Gasteiger partial charge in [-0.2, -0.15) is 0 Å². The average Bonchev–Trinajstić information content (AvgIpc) is 2.63. The van der Waals surface area contributed by atoms with Crippen molar-refractivity contribution >= 4 is 16.7 Å². The summed E-state index contributed by atoms with van der Waals surface area (Å²) in [7, 11) is 0. The predicted octanol–water partition coefficient (Wildman–Crippen LogP) is 5.36. The largest absolute Gasteiger partial charge is 0.346 e. The monoisotopic (exact) mass is 305 g/mol. The minimum atomic E-state index is -0.0451. The van der Waals surface area contributed by atoms with E-state index < -0.39 is 0 Å². The van der Waals surface area contributed by atoms with E-state index in [4.69, 9.17) is 0 Å². The van der Waals surface area contributed by atoms with Gasteiger partial charge in [-0.25, -0.2) is 0 Å². The topological polar surface area (TPSA) is 29.1 Å². The minimum Gasteiger partial charge on any atom is -0.346 e. The summed E-state index contributed by atoms with van der Waals surface area (Å²) in [4.78, 5) is 12.2. The van der Waals surface area contributed by atoms with E-state index in [9.17, 15) is 4.79 Å². The molecule has 0 aliphatic rings. The smallest absolute Gasteiger partial charge is 0.251 e. The molecule has 1 N–H and O–H groups in total. The van der Waals surface area contributed by atoms with Crippen LogP contribution in [0.15, 0.2) is 72.8 Å². The second-order valence-electron chi connectivity index (χ2n) is 5.17. The summed E-state index contributed by atoms with van der Waals surface area (Å²) in [6, 6.07) is 23.8. The molecule has 0 aliphatic heterocycles. The quantitative estimate of drug-likeness (QED) is 0.693. The summed E-state index contributed by atoms with van der Waals surface area (Å²) >= 11 is 0. The molecule has 23 heavy (non-hydrogen) atoms. The Morgan fingerprint density at radius 3 is 2.13 bits per heavy atom. The summed E-state index contributed by atoms with van der Waals surface area (Å²) < 4.78 is 0. The van der Waals surface area contributed by atoms with Gasteiger partial charge in [0.1, 0.15) is 0 Å². The Kier molecular flexibility index (Phi) is 5.93. The van der Waals surface area contributed by atoms with Crippen LogP contribution in [-0.2, 0) is 0 Å². The van der Waals surface area contributed by atoms with Crippen LogP contribution in [0, 0.1) is 0 Å². The standard InChI is InChI=1S/C19H17NO.C2H6/c1-14(20-19(21)16-8-3-2-4-9-16)17-12-11-15-7-5-6-10-18(15)13-17;1-2/h2-14H,1H3,(H,20,21);1-2H3/t14-;/m1./s1. The van der Waals surface area contributed by atoms with Gasteiger partial charge in [-0.1, -0.05) is 68.4 Å². The molecule has 0 aliphatic carbocycles. The van der Waals surface area contributed by atoms with Crippen LogP contribution in [0.5, 0.6) is 0 Å². The fourth-order valence-electron chi connectivity index (χ4n) is 2.43. The molecule has 3 aromatic rings. The molecule has 0 aromatic heterocycles. The van der Waals surface area contributed by atoms with E-state index in [-0.39, 0.29) is 11.9 Å². The van der Waals surface area contributed by atoms with Crippen LogP contribution in [0.3, 0.4) is 0 Å². The Bertz CT molecular complexity index is 765. The van der Waals surface area contributed by atoms with E-state index in [1.807, 2.05) is 63.2 Å². The van der Waals surface area contributed by atoms with Gasteiger partial charge in [-0.3, -0.25) is 4.79 Å². The van der Waals surface area contributed by atoms with Crippen LogP contribution in [0.25, 0.3) is 10.8 Å². The van der Waals surface area contributed by atoms with E-state index in [1.165, 1.54) is 10.8 Å². The number of fused-ring (bicyclic) bond motifs is 1. The van der Waals surface area contributed by atoms with Gasteiger partial charge in [0, 0.05) is 5.56 Å². The van der Waals surface area contributed by atoms with Crippen molar-refractivity contribution in [3.8, 4) is 0 Å². The van der Waals surface area contributed by atoms with Crippen LogP contribution >= 0.6 is 0 Å². The molecule has 0 bridgehead atoms. The van der Waals surface area contributed by atoms with E-state index in [1.54, 1.807) is 0 Å². The number of carbonyl (C=O) groups is 1. The highest BCUT2D eigenvalue weighted by Gasteiger charge is 2.11. The normalized spacial score (nSPS) is 11.3. The first kappa shape index (κ1) is 16.8. The van der Waals surface area contributed by atoms with Gasteiger partial charge in [0.05, 0.1) is 6.04 Å². The summed E-state index contributed by atoms with van der Waals surface area (Å²) in [6.07, 6.45) is 0. The summed E-state index contributed by atoms with van der Waals surface area (Å²) in [5.74, 6) is -0.0451. The second kappa shape index (κ2) is 8.14. The molecular weight excluding hydrogens is 282 g/mol. The maximum absolute atomic E-state index is 12.2. The Morgan fingerprint density at radius 1 is 0.826 bits per heavy atom. The van der Waals surface area contributed by atoms with Crippen LogP contribution < -0.4 is 5.32 Å². The van der Waals surface area contributed by atoms with Gasteiger partial charge in [0.25, 0.3) is 5.91 Å². The second-order valence-corrected chi connectivity index (χ2v) is 5.17. The molecule has 0 saturated heterocycles. The first-order chi connectivity index (χ1) is 11.2. The highest BCUT2D eigenvalue weighted by atomic mass is 16.1. The molecule has 0 heterocycles. The summed E-state index contributed by atoms with van der Waals surface area (Å²) in [5, 5.41) is 5.44. The van der Waals surface area contributed by atoms with Crippen molar-refractivity contribution in [2.45, 2.75) is 26.8 Å². The summed E-state index contributed by atoms with van der Waals surface area (Å²) in [6.45, 7) is 6.00. The zero-order chi connectivity index (χ0) is 16.7. The third-order valence-electron chi connectivity index (χ3n) is 3.66. The molecule has 0 radical (unpaired) electrons. The lowest BCUT2D eigenvalue weighted by Gasteiger charge is -2.15. The molecule has 3 aromatic carbocycles. The number of hydrogen-bond donors (Lipinski definition) is 1. The highest BCUT2D eigenvalue weighted by molar-refractivity contribution is 5.94. The Labute approximate surface area is 138 Å². The Hall–Kier alpha value is -2.61. The molecule has 0 spiro atoms. The van der Waals surface area contributed by atoms with Gasteiger partial charge >= 0.3 is 0 Å². The predicted molar refractivity (Wildman–Crippen MR) is 97.6 cm³/mol. The number of benzene rings is 3. The van der Waals surface area contributed by atoms with E-state index in [2.05, 4.69) is 35.6 Å². The lowest BCUT2D eigenvalue weighted by atomic mass is 10.0. The maximum Gasteiger partial charge on any atom is 0.251 e. The lowest BCUT2D eigenvalue weighted by Crippen LogP contribution is -2.26. The lowest BCUT2D eigenvalue weighted by molar-refractivity contribution is 0.0940. The fourth-order valence-corrected chi connectivity index (χ4v) is 2.43. The van der Waals surface area contributed by atoms with E-state index >= 15 is 0 Å². The van der Waals surface area contributed by atoms with Crippen LogP contribution in [0.4, 0.5) is 0 Å². The zero-order valence-corrected chi connectivity index (χ0v) is 13.9. The van der Waals surface area contributed by atoms with Gasteiger partial charge in [-0.15, -0.1) is 0 Å². The third-order valence-corrected chi connectivity index (χ3v) is 3.66. The first-order valence-corrected chi connectivity index (χ1v) is 8.08. The molecule has 0 unspecified atom stereocenters. The number of amides is 1. The molecule has 118 valence electrons. The number of hydrogen-bond acceptors (Lipinski definition) is 1. The molecular formula is C21H23NO. The maximum atomic E-state index is 12.2. The molecule has 1 amide bonds. The highest BCUT2D eigenvalue weighted by Crippen LogP contribution is 2.20. The SMILES string of the molecule is CC.C[C@@H](NC(=O)c1ccccc1)c1ccc2ccccc2c1. The van der Waals surface area contributed by atoms with Crippen LogP contribution in [-0.4, -0.2) is 5.91 Å². The average molecular weight is 305 g/mol. The van der Waals surface area contributed by atoms with Crippen molar-refractivity contribution in [1.29, 1.82) is 0 Å². The number of rotatable bonds is 3. The van der Waals surface area contributed by atoms with Crippen molar-refractivity contribution in [1.82, 2.24) is 5.32 Å². The van der Waals surface area contributed by atoms with Gasteiger partial charge in [-0.05, 0) is 41.5 Å². The van der Waals surface area contributed by atoms with E-state index in [0.717, 1.165) is 5.56 Å². The third kappa shape index (κ3) is 4.19. The van der Waals surface area contributed by atoms with Gasteiger partial charge < -0.3 is 5.32 Å². The van der Waals surface area contributed by atoms with Crippen molar-refractivity contribution in [2.75, 3.05) is 0 Å². The Morgan fingerprint density at radius 2 is 1.43 bits per heavy atom. The van der Waals surface area contributed by atoms with Crippen molar-refractivity contribution in [3.05, 3.63) is 83.9 Å². The first-order valence-electron chi connectivity index (χ1n) is 8.08. The van der Waals surface area contributed by atoms with Gasteiger partial charge in [0.15, 0.2) is 0 Å². The van der Waals surface area contributed by atoms with E-state index in [0.29, 0.717) is 5.56 Å². The minimum absolute atomic E-state index is 0.0256. The molecule has 0 saturated carbocycles. The number of carbonyl (C=O) groups excluding carboxylic acids is 1. The number of nitrogens with one attached hydrogen (secondary N) is 1. The summed E-state index contributed by atoms with van der Waals surface area (Å²) in [5.41, 5.74) is 1.79. The van der Waals surface area contributed by atoms with Crippen molar-refractivity contribution in [3.63, 3.8) is 0 Å².